The van der Waals surface area contributed by atoms with Crippen molar-refractivity contribution in [1.82, 2.24) is 10.2 Å². The van der Waals surface area contributed by atoms with Crippen molar-refractivity contribution in [2.75, 3.05) is 19.6 Å². The number of fused-ring (bicyclic) bond motifs is 1. The number of hydrogen-bond acceptors (Lipinski definition) is 2. The minimum Gasteiger partial charge on any atom is -0.339 e. The zero-order chi connectivity index (χ0) is 20.1. The number of likely N-dealkylation sites (tertiary alicyclic amines) is 1. The van der Waals surface area contributed by atoms with Crippen LogP contribution in [0.15, 0.2) is 54.6 Å². The lowest BCUT2D eigenvalue weighted by molar-refractivity contribution is -0.143. The maximum Gasteiger partial charge on any atom is 0.230 e. The van der Waals surface area contributed by atoms with Gasteiger partial charge in [0.25, 0.3) is 0 Å². The fraction of sp³-hybridized carbons (Fsp3) is 0.577. The molecule has 3 unspecified atom stereocenters. The Morgan fingerprint density at radius 3 is 2.72 bits per heavy atom. The summed E-state index contributed by atoms with van der Waals surface area (Å²) in [6.07, 6.45) is 13.3. The van der Waals surface area contributed by atoms with Crippen LogP contribution in [0, 0.1) is 22.7 Å². The number of hydrogen-bond donors (Lipinski definition) is 1. The second kappa shape index (κ2) is 7.12. The molecule has 4 aliphatic rings. The van der Waals surface area contributed by atoms with E-state index in [0.717, 1.165) is 45.3 Å². The van der Waals surface area contributed by atoms with E-state index in [9.17, 15) is 4.79 Å². The zero-order valence-electron chi connectivity index (χ0n) is 17.8. The fourth-order valence-electron chi connectivity index (χ4n) is 6.62. The van der Waals surface area contributed by atoms with Crippen LogP contribution in [0.3, 0.4) is 0 Å². The van der Waals surface area contributed by atoms with Crippen LogP contribution in [0.4, 0.5) is 0 Å². The fourth-order valence-corrected chi connectivity index (χ4v) is 6.62. The standard InChI is InChI=1S/C26H34N2O/c1-19(2)23-15-21(20-9-5-3-6-10-20)13-14-28(23)24(29)26-16-25(26,17-27-18-26)22-11-7-4-8-12-22/h3-11,19,21-23,27H,12-18H2,1-2H3/t21?,22?,23?,25-,26-/m0/s1. The molecule has 1 aromatic carbocycles. The van der Waals surface area contributed by atoms with E-state index in [1.165, 1.54) is 5.56 Å². The number of amides is 1. The predicted molar refractivity (Wildman–Crippen MR) is 117 cm³/mol. The highest BCUT2D eigenvalue weighted by molar-refractivity contribution is 5.89. The van der Waals surface area contributed by atoms with Gasteiger partial charge < -0.3 is 10.2 Å². The summed E-state index contributed by atoms with van der Waals surface area (Å²) in [6, 6.07) is 11.2. The molecule has 3 fully saturated rings. The van der Waals surface area contributed by atoms with Crippen molar-refractivity contribution in [3.8, 4) is 0 Å². The maximum absolute atomic E-state index is 14.0. The first-order valence-electron chi connectivity index (χ1n) is 11.5. The molecule has 0 radical (unpaired) electrons. The van der Waals surface area contributed by atoms with Crippen LogP contribution < -0.4 is 5.32 Å². The van der Waals surface area contributed by atoms with Crippen LogP contribution in [-0.2, 0) is 4.79 Å². The van der Waals surface area contributed by atoms with Crippen molar-refractivity contribution in [2.45, 2.75) is 51.5 Å². The van der Waals surface area contributed by atoms with E-state index in [1.54, 1.807) is 0 Å². The topological polar surface area (TPSA) is 32.3 Å². The van der Waals surface area contributed by atoms with Crippen LogP contribution in [0.1, 0.15) is 51.0 Å². The summed E-state index contributed by atoms with van der Waals surface area (Å²) >= 11 is 0. The quantitative estimate of drug-likeness (QED) is 0.819. The normalized spacial score (nSPS) is 38.3. The molecule has 3 nitrogen and oxygen atoms in total. The number of carbonyl (C=O) groups is 1. The predicted octanol–water partition coefficient (Wildman–Crippen LogP) is 4.53. The van der Waals surface area contributed by atoms with Crippen LogP contribution in [-0.4, -0.2) is 36.5 Å². The van der Waals surface area contributed by atoms with Gasteiger partial charge >= 0.3 is 0 Å². The van der Waals surface area contributed by atoms with Crippen LogP contribution in [0.2, 0.25) is 0 Å². The smallest absolute Gasteiger partial charge is 0.230 e. The van der Waals surface area contributed by atoms with Crippen LogP contribution >= 0.6 is 0 Å². The Kier molecular flexibility index (Phi) is 4.70. The number of nitrogens with zero attached hydrogens (tertiary/aromatic N) is 1. The molecule has 2 heterocycles. The van der Waals surface area contributed by atoms with Crippen molar-refractivity contribution >= 4 is 5.91 Å². The number of nitrogens with one attached hydrogen (secondary N) is 1. The number of piperidine rings is 2. The molecule has 3 heteroatoms. The molecule has 0 bridgehead atoms. The van der Waals surface area contributed by atoms with Crippen LogP contribution in [0.5, 0.6) is 0 Å². The van der Waals surface area contributed by atoms with Gasteiger partial charge in [0.15, 0.2) is 0 Å². The van der Waals surface area contributed by atoms with E-state index in [-0.39, 0.29) is 10.8 Å². The second-order valence-corrected chi connectivity index (χ2v) is 10.1. The summed E-state index contributed by atoms with van der Waals surface area (Å²) in [5, 5.41) is 3.59. The second-order valence-electron chi connectivity index (χ2n) is 10.1. The van der Waals surface area contributed by atoms with E-state index in [2.05, 4.69) is 78.7 Å². The van der Waals surface area contributed by atoms with E-state index in [1.807, 2.05) is 0 Å². The van der Waals surface area contributed by atoms with Crippen molar-refractivity contribution in [3.63, 3.8) is 0 Å². The zero-order valence-corrected chi connectivity index (χ0v) is 17.8. The van der Waals surface area contributed by atoms with E-state index in [4.69, 9.17) is 0 Å². The van der Waals surface area contributed by atoms with Gasteiger partial charge in [-0.2, -0.15) is 0 Å². The third-order valence-corrected chi connectivity index (χ3v) is 8.36. The maximum atomic E-state index is 14.0. The molecular formula is C26H34N2O. The number of benzene rings is 1. The van der Waals surface area contributed by atoms with Gasteiger partial charge in [-0.25, -0.2) is 0 Å². The molecular weight excluding hydrogens is 356 g/mol. The van der Waals surface area contributed by atoms with Gasteiger partial charge in [0, 0.05) is 31.1 Å². The summed E-state index contributed by atoms with van der Waals surface area (Å²) in [6.45, 7) is 7.34. The first-order chi connectivity index (χ1) is 14.1. The number of carbonyl (C=O) groups excluding carboxylic acids is 1. The molecule has 29 heavy (non-hydrogen) atoms. The highest BCUT2D eigenvalue weighted by Crippen LogP contribution is 2.72. The third kappa shape index (κ3) is 2.92. The van der Waals surface area contributed by atoms with E-state index in [0.29, 0.717) is 29.7 Å². The minimum absolute atomic E-state index is 0.142. The summed E-state index contributed by atoms with van der Waals surface area (Å²) in [4.78, 5) is 16.3. The molecule has 2 aliphatic carbocycles. The van der Waals surface area contributed by atoms with Crippen LogP contribution in [0.25, 0.3) is 0 Å². The number of rotatable bonds is 4. The van der Waals surface area contributed by atoms with Gasteiger partial charge in [-0.1, -0.05) is 68.5 Å². The SMILES string of the molecule is CC(C)C1CC(c2ccccc2)CCN1C(=O)[C@]12CNC[C@]1(C1C=CC=CC1)C2. The molecule has 5 atom stereocenters. The molecule has 2 saturated heterocycles. The first-order valence-corrected chi connectivity index (χ1v) is 11.5. The van der Waals surface area contributed by atoms with Gasteiger partial charge in [-0.15, -0.1) is 0 Å². The average molecular weight is 391 g/mol. The molecule has 5 rings (SSSR count). The lowest BCUT2D eigenvalue weighted by Gasteiger charge is -2.44. The highest BCUT2D eigenvalue weighted by atomic mass is 16.2. The van der Waals surface area contributed by atoms with E-state index < -0.39 is 0 Å². The Bertz CT molecular complexity index is 828. The van der Waals surface area contributed by atoms with Crippen molar-refractivity contribution in [1.29, 1.82) is 0 Å². The average Bonchev–Trinajstić information content (AvgIpc) is 3.30. The first kappa shape index (κ1) is 19.1. The lowest BCUT2D eigenvalue weighted by atomic mass is 9.77. The monoisotopic (exact) mass is 390 g/mol. The molecule has 154 valence electrons. The largest absolute Gasteiger partial charge is 0.339 e. The molecule has 2 aliphatic heterocycles. The molecule has 0 spiro atoms. The third-order valence-electron chi connectivity index (χ3n) is 8.36. The van der Waals surface area contributed by atoms with Gasteiger partial charge in [0.2, 0.25) is 5.91 Å². The highest BCUT2D eigenvalue weighted by Gasteiger charge is 2.76. The molecule has 1 N–H and O–H groups in total. The van der Waals surface area contributed by atoms with Crippen molar-refractivity contribution in [3.05, 3.63) is 60.2 Å². The Morgan fingerprint density at radius 2 is 2.00 bits per heavy atom. The summed E-state index contributed by atoms with van der Waals surface area (Å²) in [5.41, 5.74) is 1.41. The Balaban J connectivity index is 1.37. The number of allylic oxidation sites excluding steroid dienone is 4. The van der Waals surface area contributed by atoms with Crippen molar-refractivity contribution in [2.24, 2.45) is 22.7 Å². The van der Waals surface area contributed by atoms with Gasteiger partial charge in [0.05, 0.1) is 5.41 Å². The summed E-state index contributed by atoms with van der Waals surface area (Å²) < 4.78 is 0. The minimum atomic E-state index is -0.167. The Morgan fingerprint density at radius 1 is 1.17 bits per heavy atom. The molecule has 1 saturated carbocycles. The van der Waals surface area contributed by atoms with Crippen molar-refractivity contribution < 1.29 is 4.79 Å². The summed E-state index contributed by atoms with van der Waals surface area (Å²) in [7, 11) is 0. The van der Waals surface area contributed by atoms with Gasteiger partial charge in [0.1, 0.15) is 0 Å². The van der Waals surface area contributed by atoms with E-state index >= 15 is 0 Å². The lowest BCUT2D eigenvalue weighted by Crippen LogP contribution is -2.52. The van der Waals surface area contributed by atoms with Gasteiger partial charge in [-0.05, 0) is 49.0 Å². The summed E-state index contributed by atoms with van der Waals surface area (Å²) in [5.74, 6) is 2.01. The molecule has 1 aromatic rings. The van der Waals surface area contributed by atoms with Gasteiger partial charge in [-0.3, -0.25) is 4.79 Å². The molecule has 1 amide bonds. The Labute approximate surface area is 175 Å². The Hall–Kier alpha value is -1.87. The molecule has 0 aromatic heterocycles.